The number of rotatable bonds is 3. The number of fused-ring (bicyclic) bond motifs is 1. The molecule has 2 rings (SSSR count). The number of ether oxygens (including phenoxy) is 1. The van der Waals surface area contributed by atoms with Crippen molar-refractivity contribution >= 4 is 23.6 Å². The number of nitrogens with zero attached hydrogens (tertiary/aromatic N) is 1. The number of hydrogen-bond acceptors (Lipinski definition) is 4. The van der Waals surface area contributed by atoms with Gasteiger partial charge < -0.3 is 4.74 Å². The van der Waals surface area contributed by atoms with Crippen LogP contribution in [0, 0.1) is 6.07 Å². The SMILES string of the molecule is CSCC(C)(C)/N=C1/OC(=O)c2ccc[c]c21. The van der Waals surface area contributed by atoms with E-state index in [9.17, 15) is 4.79 Å². The van der Waals surface area contributed by atoms with Crippen LogP contribution in [0.5, 0.6) is 0 Å². The van der Waals surface area contributed by atoms with Crippen LogP contribution < -0.4 is 0 Å². The lowest BCUT2D eigenvalue weighted by Crippen LogP contribution is -2.23. The Kier molecular flexibility index (Phi) is 3.24. The van der Waals surface area contributed by atoms with Gasteiger partial charge in [-0.15, -0.1) is 0 Å². The third-order valence-electron chi connectivity index (χ3n) is 2.38. The summed E-state index contributed by atoms with van der Waals surface area (Å²) >= 11 is 1.72. The lowest BCUT2D eigenvalue weighted by atomic mass is 10.1. The summed E-state index contributed by atoms with van der Waals surface area (Å²) in [5.41, 5.74) is 0.971. The van der Waals surface area contributed by atoms with Gasteiger partial charge in [0.1, 0.15) is 0 Å². The number of benzene rings is 1. The van der Waals surface area contributed by atoms with Crippen LogP contribution in [0.4, 0.5) is 0 Å². The number of carbonyl (C=O) groups excluding carboxylic acids is 1. The van der Waals surface area contributed by atoms with E-state index in [1.807, 2.05) is 20.1 Å². The Morgan fingerprint density at radius 2 is 2.29 bits per heavy atom. The van der Waals surface area contributed by atoms with Crippen LogP contribution in [0.25, 0.3) is 0 Å². The van der Waals surface area contributed by atoms with E-state index in [4.69, 9.17) is 4.74 Å². The van der Waals surface area contributed by atoms with Crippen molar-refractivity contribution in [2.45, 2.75) is 19.4 Å². The summed E-state index contributed by atoms with van der Waals surface area (Å²) in [7, 11) is 0. The number of thioether (sulfide) groups is 1. The molecule has 1 heterocycles. The molecule has 0 spiro atoms. The first-order valence-electron chi connectivity index (χ1n) is 5.35. The fraction of sp³-hybridized carbons (Fsp3) is 0.385. The average Bonchev–Trinajstić information content (AvgIpc) is 2.56. The molecular formula is C13H14NO2S. The zero-order valence-electron chi connectivity index (χ0n) is 10.1. The molecule has 17 heavy (non-hydrogen) atoms. The Labute approximate surface area is 105 Å². The molecule has 0 amide bonds. The first-order valence-corrected chi connectivity index (χ1v) is 6.75. The van der Waals surface area contributed by atoms with Crippen LogP contribution in [-0.4, -0.2) is 29.4 Å². The Morgan fingerprint density at radius 1 is 1.53 bits per heavy atom. The van der Waals surface area contributed by atoms with E-state index in [-0.39, 0.29) is 11.5 Å². The normalized spacial score (nSPS) is 17.1. The van der Waals surface area contributed by atoms with Crippen LogP contribution in [0.15, 0.2) is 23.2 Å². The summed E-state index contributed by atoms with van der Waals surface area (Å²) in [4.78, 5) is 16.1. The molecule has 0 fully saturated rings. The minimum absolute atomic E-state index is 0.250. The number of cyclic esters (lactones) is 1. The van der Waals surface area contributed by atoms with Gasteiger partial charge >= 0.3 is 5.97 Å². The van der Waals surface area contributed by atoms with Crippen molar-refractivity contribution in [3.05, 3.63) is 35.4 Å². The lowest BCUT2D eigenvalue weighted by molar-refractivity contribution is 0.0736. The van der Waals surface area contributed by atoms with Gasteiger partial charge in [-0.05, 0) is 32.2 Å². The highest BCUT2D eigenvalue weighted by Crippen LogP contribution is 2.23. The molecule has 0 unspecified atom stereocenters. The van der Waals surface area contributed by atoms with Crippen LogP contribution >= 0.6 is 11.8 Å². The summed E-state index contributed by atoms with van der Waals surface area (Å²) in [6.07, 6.45) is 2.03. The second-order valence-electron chi connectivity index (χ2n) is 4.51. The van der Waals surface area contributed by atoms with Gasteiger partial charge in [0.2, 0.25) is 5.90 Å². The number of aliphatic imine (C=N–C) groups is 1. The Balaban J connectivity index is 2.37. The second kappa shape index (κ2) is 4.53. The van der Waals surface area contributed by atoms with Crippen molar-refractivity contribution in [1.29, 1.82) is 0 Å². The maximum atomic E-state index is 11.6. The highest BCUT2D eigenvalue weighted by Gasteiger charge is 2.29. The van der Waals surface area contributed by atoms with Gasteiger partial charge in [-0.25, -0.2) is 9.79 Å². The Hall–Kier alpha value is -1.29. The molecule has 1 aromatic rings. The van der Waals surface area contributed by atoms with E-state index < -0.39 is 0 Å². The highest BCUT2D eigenvalue weighted by molar-refractivity contribution is 7.98. The van der Waals surface area contributed by atoms with E-state index >= 15 is 0 Å². The zero-order valence-corrected chi connectivity index (χ0v) is 10.9. The third-order valence-corrected chi connectivity index (χ3v) is 3.38. The van der Waals surface area contributed by atoms with Crippen molar-refractivity contribution < 1.29 is 9.53 Å². The molecule has 89 valence electrons. The van der Waals surface area contributed by atoms with Gasteiger partial charge in [0, 0.05) is 5.75 Å². The molecule has 1 aromatic carbocycles. The van der Waals surface area contributed by atoms with Gasteiger partial charge in [-0.2, -0.15) is 11.8 Å². The van der Waals surface area contributed by atoms with Crippen molar-refractivity contribution in [1.82, 2.24) is 0 Å². The third kappa shape index (κ3) is 2.52. The Morgan fingerprint density at radius 3 is 3.00 bits per heavy atom. The van der Waals surface area contributed by atoms with Crippen molar-refractivity contribution in [3.8, 4) is 0 Å². The van der Waals surface area contributed by atoms with Crippen molar-refractivity contribution in [2.24, 2.45) is 4.99 Å². The number of esters is 1. The summed E-state index contributed by atoms with van der Waals surface area (Å²) in [5.74, 6) is 0.927. The topological polar surface area (TPSA) is 38.7 Å². The largest absolute Gasteiger partial charge is 0.403 e. The monoisotopic (exact) mass is 248 g/mol. The Bertz CT molecular complexity index is 480. The second-order valence-corrected chi connectivity index (χ2v) is 5.38. The molecule has 3 nitrogen and oxygen atoms in total. The number of hydrogen-bond donors (Lipinski definition) is 0. The van der Waals surface area contributed by atoms with Crippen LogP contribution in [-0.2, 0) is 4.74 Å². The molecule has 0 aromatic heterocycles. The van der Waals surface area contributed by atoms with E-state index in [0.29, 0.717) is 17.0 Å². The van der Waals surface area contributed by atoms with Gasteiger partial charge in [-0.1, -0.05) is 12.1 Å². The van der Waals surface area contributed by atoms with Crippen molar-refractivity contribution in [2.75, 3.05) is 12.0 Å². The minimum Gasteiger partial charge on any atom is -0.403 e. The molecule has 0 atom stereocenters. The molecule has 0 saturated carbocycles. The molecule has 0 saturated heterocycles. The predicted molar refractivity (Wildman–Crippen MR) is 69.7 cm³/mol. The highest BCUT2D eigenvalue weighted by atomic mass is 32.2. The van der Waals surface area contributed by atoms with Crippen molar-refractivity contribution in [3.63, 3.8) is 0 Å². The van der Waals surface area contributed by atoms with E-state index in [0.717, 1.165) is 5.75 Å². The zero-order chi connectivity index (χ0) is 12.5. The van der Waals surface area contributed by atoms with Gasteiger partial charge in [-0.3, -0.25) is 0 Å². The molecule has 1 aliphatic heterocycles. The molecular weight excluding hydrogens is 234 g/mol. The van der Waals surface area contributed by atoms with Crippen LogP contribution in [0.3, 0.4) is 0 Å². The van der Waals surface area contributed by atoms with E-state index in [1.165, 1.54) is 0 Å². The van der Waals surface area contributed by atoms with Crippen LogP contribution in [0.2, 0.25) is 0 Å². The first kappa shape index (κ1) is 12.2. The summed E-state index contributed by atoms with van der Waals surface area (Å²) < 4.78 is 5.18. The smallest absolute Gasteiger partial charge is 0.345 e. The maximum Gasteiger partial charge on any atom is 0.345 e. The fourth-order valence-electron chi connectivity index (χ4n) is 1.72. The fourth-order valence-corrected chi connectivity index (χ4v) is 2.49. The molecule has 0 bridgehead atoms. The van der Waals surface area contributed by atoms with Gasteiger partial charge in [0.05, 0.1) is 16.7 Å². The molecule has 0 N–H and O–H groups in total. The maximum absolute atomic E-state index is 11.6. The molecule has 0 aliphatic carbocycles. The predicted octanol–water partition coefficient (Wildman–Crippen LogP) is 2.55. The van der Waals surface area contributed by atoms with Crippen LogP contribution in [0.1, 0.15) is 29.8 Å². The first-order chi connectivity index (χ1) is 8.03. The summed E-state index contributed by atoms with van der Waals surface area (Å²) in [5, 5.41) is 0. The van der Waals surface area contributed by atoms with E-state index in [2.05, 4.69) is 11.1 Å². The lowest BCUT2D eigenvalue weighted by Gasteiger charge is -2.18. The molecule has 1 radical (unpaired) electrons. The average molecular weight is 248 g/mol. The number of carbonyl (C=O) groups is 1. The molecule has 4 heteroatoms. The quantitative estimate of drug-likeness (QED) is 0.772. The summed E-state index contributed by atoms with van der Waals surface area (Å²) in [6, 6.07) is 8.28. The summed E-state index contributed by atoms with van der Waals surface area (Å²) in [6.45, 7) is 4.04. The van der Waals surface area contributed by atoms with Gasteiger partial charge in [0.25, 0.3) is 0 Å². The minimum atomic E-state index is -0.337. The molecule has 1 aliphatic rings. The van der Waals surface area contributed by atoms with E-state index in [1.54, 1.807) is 30.0 Å². The standard InChI is InChI=1S/C13H14NO2S/c1-13(2,8-17-3)14-11-9-6-4-5-7-10(9)12(15)16-11/h4-5,7H,8H2,1-3H3/b14-11+. The van der Waals surface area contributed by atoms with Gasteiger partial charge in [0.15, 0.2) is 0 Å².